The van der Waals surface area contributed by atoms with Crippen molar-refractivity contribution >= 4 is 34.6 Å². The first-order chi connectivity index (χ1) is 15.8. The molecule has 0 aromatic heterocycles. The van der Waals surface area contributed by atoms with Crippen molar-refractivity contribution in [2.75, 3.05) is 50.1 Å². The number of likely N-dealkylation sites (N-methyl/N-ethyl adjacent to an activating group) is 1. The second kappa shape index (κ2) is 10.8. The summed E-state index contributed by atoms with van der Waals surface area (Å²) in [6, 6.07) is 2.22. The normalized spacial score (nSPS) is 35.0. The van der Waals surface area contributed by atoms with E-state index in [4.69, 9.17) is 23.2 Å². The quantitative estimate of drug-likeness (QED) is 0.401. The van der Waals surface area contributed by atoms with Gasteiger partial charge in [0.1, 0.15) is 11.9 Å². The maximum Gasteiger partial charge on any atom is 0.151 e. The Morgan fingerprint density at radius 2 is 1.82 bits per heavy atom. The van der Waals surface area contributed by atoms with Crippen LogP contribution >= 0.6 is 23.2 Å². The average molecular weight is 508 g/mol. The predicted molar refractivity (Wildman–Crippen MR) is 129 cm³/mol. The molecule has 7 atom stereocenters. The summed E-state index contributed by atoms with van der Waals surface area (Å²) < 4.78 is 46.5. The molecule has 5 nitrogen and oxygen atoms in total. The summed E-state index contributed by atoms with van der Waals surface area (Å²) in [5.74, 6) is -1.79. The zero-order valence-corrected chi connectivity index (χ0v) is 20.6. The summed E-state index contributed by atoms with van der Waals surface area (Å²) in [6.07, 6.45) is 0.133. The lowest BCUT2D eigenvalue weighted by Crippen LogP contribution is -2.58. The van der Waals surface area contributed by atoms with E-state index >= 15 is 13.2 Å². The molecule has 0 spiro atoms. The van der Waals surface area contributed by atoms with E-state index in [-0.39, 0.29) is 41.6 Å². The molecule has 2 heterocycles. The third kappa shape index (κ3) is 5.20. The van der Waals surface area contributed by atoms with Crippen LogP contribution in [0.15, 0.2) is 12.1 Å². The third-order valence-corrected chi connectivity index (χ3v) is 8.05. The molecule has 1 saturated carbocycles. The van der Waals surface area contributed by atoms with Crippen LogP contribution in [0.3, 0.4) is 0 Å². The first kappa shape index (κ1) is 25.2. The minimum atomic E-state index is -1.16. The Kier molecular flexibility index (Phi) is 8.22. The highest BCUT2D eigenvalue weighted by Gasteiger charge is 2.52. The van der Waals surface area contributed by atoms with Gasteiger partial charge in [-0.25, -0.2) is 13.2 Å². The largest absolute Gasteiger partial charge is 0.384 e. The fourth-order valence-corrected chi connectivity index (χ4v) is 6.56. The number of hydrogen-bond donors (Lipinski definition) is 3. The van der Waals surface area contributed by atoms with Gasteiger partial charge in [-0.05, 0) is 50.9 Å². The van der Waals surface area contributed by atoms with Crippen molar-refractivity contribution in [1.82, 2.24) is 15.5 Å². The minimum absolute atomic E-state index is 0.0658. The highest BCUT2D eigenvalue weighted by molar-refractivity contribution is 6.21. The number of benzene rings is 1. The fourth-order valence-electron chi connectivity index (χ4n) is 5.92. The van der Waals surface area contributed by atoms with E-state index in [1.165, 1.54) is 12.1 Å². The van der Waals surface area contributed by atoms with Crippen molar-refractivity contribution in [2.24, 2.45) is 11.8 Å². The predicted octanol–water partition coefficient (Wildman–Crippen LogP) is 3.96. The van der Waals surface area contributed by atoms with E-state index in [2.05, 4.69) is 20.9 Å². The van der Waals surface area contributed by atoms with Crippen LogP contribution in [0.2, 0.25) is 0 Å². The molecule has 7 unspecified atom stereocenters. The molecule has 33 heavy (non-hydrogen) atoms. The Hall–Kier alpha value is -0.930. The monoisotopic (exact) mass is 507 g/mol. The number of hydrogen-bond acceptors (Lipinski definition) is 5. The number of rotatable bonds is 6. The van der Waals surface area contributed by atoms with Crippen molar-refractivity contribution in [1.29, 1.82) is 0 Å². The molecule has 4 rings (SSSR count). The summed E-state index contributed by atoms with van der Waals surface area (Å²) in [6.45, 7) is 4.79. The molecular weight excluding hydrogens is 474 g/mol. The van der Waals surface area contributed by atoms with Gasteiger partial charge in [-0.1, -0.05) is 6.92 Å². The molecule has 2 saturated heterocycles. The Balaban J connectivity index is 1.74. The summed E-state index contributed by atoms with van der Waals surface area (Å²) in [4.78, 5) is 3.86. The van der Waals surface area contributed by atoms with E-state index in [1.54, 1.807) is 4.90 Å². The lowest BCUT2D eigenvalue weighted by Gasteiger charge is -2.47. The summed E-state index contributed by atoms with van der Waals surface area (Å²) in [5, 5.41) is 9.01. The number of anilines is 2. The maximum absolute atomic E-state index is 15.6. The number of piperidine rings is 1. The average Bonchev–Trinajstić information content (AvgIpc) is 2.88. The molecule has 3 aliphatic rings. The SMILES string of the molecule is CCN1CN(c2c(F)cc(NCCNC)cc2F)C2CC(Cl)CC(F)C2C2CC(Cl)CNC21. The second-order valence-corrected chi connectivity index (χ2v) is 10.6. The summed E-state index contributed by atoms with van der Waals surface area (Å²) >= 11 is 12.9. The number of alkyl halides is 3. The van der Waals surface area contributed by atoms with E-state index in [0.29, 0.717) is 44.7 Å². The van der Waals surface area contributed by atoms with Crippen LogP contribution in [-0.4, -0.2) is 73.9 Å². The Bertz CT molecular complexity index is 795. The van der Waals surface area contributed by atoms with Crippen molar-refractivity contribution in [3.63, 3.8) is 0 Å². The lowest BCUT2D eigenvalue weighted by atomic mass is 9.71. The van der Waals surface area contributed by atoms with Crippen molar-refractivity contribution in [3.05, 3.63) is 23.8 Å². The van der Waals surface area contributed by atoms with E-state index in [9.17, 15) is 0 Å². The minimum Gasteiger partial charge on any atom is -0.384 e. The Labute approximate surface area is 204 Å². The van der Waals surface area contributed by atoms with Crippen molar-refractivity contribution in [3.8, 4) is 0 Å². The van der Waals surface area contributed by atoms with Gasteiger partial charge < -0.3 is 15.5 Å². The van der Waals surface area contributed by atoms with Gasteiger partial charge in [0, 0.05) is 48.0 Å². The highest BCUT2D eigenvalue weighted by Crippen LogP contribution is 2.46. The van der Waals surface area contributed by atoms with Crippen LogP contribution in [0.5, 0.6) is 0 Å². The third-order valence-electron chi connectivity index (χ3n) is 7.36. The first-order valence-corrected chi connectivity index (χ1v) is 12.7. The number of nitrogens with one attached hydrogen (secondary N) is 3. The smallest absolute Gasteiger partial charge is 0.151 e. The topological polar surface area (TPSA) is 42.6 Å². The number of fused-ring (bicyclic) bond motifs is 3. The van der Waals surface area contributed by atoms with Crippen LogP contribution < -0.4 is 20.9 Å². The van der Waals surface area contributed by atoms with Gasteiger partial charge in [-0.15, -0.1) is 23.2 Å². The van der Waals surface area contributed by atoms with E-state index < -0.39 is 29.8 Å². The Morgan fingerprint density at radius 1 is 1.09 bits per heavy atom. The fraction of sp³-hybridized carbons (Fsp3) is 0.739. The zero-order chi connectivity index (χ0) is 23.7. The van der Waals surface area contributed by atoms with Gasteiger partial charge in [0.15, 0.2) is 11.6 Å². The van der Waals surface area contributed by atoms with E-state index in [0.717, 1.165) is 0 Å². The van der Waals surface area contributed by atoms with Gasteiger partial charge >= 0.3 is 0 Å². The van der Waals surface area contributed by atoms with E-state index in [1.807, 2.05) is 14.0 Å². The summed E-state index contributed by atoms with van der Waals surface area (Å²) in [5.41, 5.74) is 0.270. The van der Waals surface area contributed by atoms with Crippen LogP contribution in [0.1, 0.15) is 26.2 Å². The molecule has 186 valence electrons. The van der Waals surface area contributed by atoms with Gasteiger partial charge in [-0.2, -0.15) is 0 Å². The Morgan fingerprint density at radius 3 is 2.48 bits per heavy atom. The molecule has 2 aliphatic heterocycles. The molecule has 1 aromatic carbocycles. The maximum atomic E-state index is 15.6. The lowest BCUT2D eigenvalue weighted by molar-refractivity contribution is 0.0305. The van der Waals surface area contributed by atoms with Crippen LogP contribution in [0.4, 0.5) is 24.5 Å². The molecule has 3 N–H and O–H groups in total. The van der Waals surface area contributed by atoms with Gasteiger partial charge in [-0.3, -0.25) is 10.2 Å². The second-order valence-electron chi connectivity index (χ2n) is 9.41. The number of nitrogens with zero attached hydrogens (tertiary/aromatic N) is 2. The molecule has 1 aromatic rings. The summed E-state index contributed by atoms with van der Waals surface area (Å²) in [7, 11) is 1.81. The number of halogens is 5. The van der Waals surface area contributed by atoms with Crippen LogP contribution in [-0.2, 0) is 0 Å². The molecule has 3 fully saturated rings. The zero-order valence-electron chi connectivity index (χ0n) is 19.1. The molecule has 10 heteroatoms. The van der Waals surface area contributed by atoms with Gasteiger partial charge in [0.25, 0.3) is 0 Å². The van der Waals surface area contributed by atoms with Gasteiger partial charge in [0.05, 0.1) is 12.8 Å². The molecule has 0 radical (unpaired) electrons. The standard InChI is InChI=1S/C23H34Cl2F3N5/c1-3-32-12-33(22-18(27)9-15(10-19(22)28)30-5-4-29-2)20-8-13(24)7-17(26)21(20)16-6-14(25)11-31-23(16)32/h9-10,13-14,16-17,20-21,23,29-31H,3-8,11-12H2,1-2H3. The van der Waals surface area contributed by atoms with Crippen LogP contribution in [0.25, 0.3) is 0 Å². The molecule has 0 bridgehead atoms. The van der Waals surface area contributed by atoms with Crippen molar-refractivity contribution in [2.45, 2.75) is 55.3 Å². The molecule has 0 amide bonds. The molecule has 1 aliphatic carbocycles. The van der Waals surface area contributed by atoms with Crippen molar-refractivity contribution < 1.29 is 13.2 Å². The molecular formula is C23H34Cl2F3N5. The highest BCUT2D eigenvalue weighted by atomic mass is 35.5. The van der Waals surface area contributed by atoms with Gasteiger partial charge in [0.2, 0.25) is 0 Å². The first-order valence-electron chi connectivity index (χ1n) is 11.9. The van der Waals surface area contributed by atoms with Crippen LogP contribution in [0, 0.1) is 23.5 Å².